The van der Waals surface area contributed by atoms with E-state index in [0.29, 0.717) is 29.4 Å². The van der Waals surface area contributed by atoms with Crippen molar-refractivity contribution in [3.05, 3.63) is 71.2 Å². The van der Waals surface area contributed by atoms with Gasteiger partial charge < -0.3 is 10.1 Å². The van der Waals surface area contributed by atoms with Crippen molar-refractivity contribution < 1.29 is 13.9 Å². The van der Waals surface area contributed by atoms with Crippen LogP contribution in [0.25, 0.3) is 10.9 Å². The molecule has 2 aromatic carbocycles. The fourth-order valence-corrected chi connectivity index (χ4v) is 2.73. The third kappa shape index (κ3) is 3.94. The number of fused-ring (bicyclic) bond motifs is 1. The first-order valence-corrected chi connectivity index (χ1v) is 8.05. The maximum absolute atomic E-state index is 13.5. The molecule has 4 nitrogen and oxygen atoms in total. The van der Waals surface area contributed by atoms with Gasteiger partial charge in [-0.2, -0.15) is 0 Å². The first kappa shape index (κ1) is 16.9. The third-order valence-corrected chi connectivity index (χ3v) is 4.00. The van der Waals surface area contributed by atoms with E-state index in [9.17, 15) is 9.18 Å². The quantitative estimate of drug-likeness (QED) is 0.772. The Labute approximate surface area is 145 Å². The lowest BCUT2D eigenvalue weighted by molar-refractivity contribution is 0.0955. The molecule has 128 valence electrons. The molecule has 3 rings (SSSR count). The van der Waals surface area contributed by atoms with Crippen LogP contribution < -0.4 is 10.1 Å². The van der Waals surface area contributed by atoms with Crippen molar-refractivity contribution in [3.8, 4) is 5.75 Å². The Morgan fingerprint density at radius 1 is 1.16 bits per heavy atom. The Balaban J connectivity index is 1.72. The second-order valence-corrected chi connectivity index (χ2v) is 5.83. The summed E-state index contributed by atoms with van der Waals surface area (Å²) in [5, 5.41) is 3.42. The van der Waals surface area contributed by atoms with Gasteiger partial charge in [-0.05, 0) is 55.3 Å². The van der Waals surface area contributed by atoms with Crippen molar-refractivity contribution in [2.75, 3.05) is 13.7 Å². The Hall–Kier alpha value is -2.95. The topological polar surface area (TPSA) is 51.2 Å². The van der Waals surface area contributed by atoms with E-state index in [1.54, 1.807) is 19.2 Å². The van der Waals surface area contributed by atoms with Crippen LogP contribution in [0.15, 0.2) is 48.5 Å². The lowest BCUT2D eigenvalue weighted by Crippen LogP contribution is -2.26. The molecule has 0 saturated heterocycles. The molecule has 0 unspecified atom stereocenters. The number of aryl methyl sites for hydroxylation is 1. The Morgan fingerprint density at radius 3 is 2.64 bits per heavy atom. The molecule has 5 heteroatoms. The summed E-state index contributed by atoms with van der Waals surface area (Å²) in [4.78, 5) is 16.9. The van der Waals surface area contributed by atoms with Crippen molar-refractivity contribution in [1.82, 2.24) is 10.3 Å². The molecule has 1 N–H and O–H groups in total. The minimum Gasteiger partial charge on any atom is -0.497 e. The maximum atomic E-state index is 13.5. The zero-order chi connectivity index (χ0) is 17.8. The second-order valence-electron chi connectivity index (χ2n) is 5.83. The number of methoxy groups -OCH3 is 1. The second kappa shape index (κ2) is 7.30. The fraction of sp³-hybridized carbons (Fsp3) is 0.200. The van der Waals surface area contributed by atoms with E-state index >= 15 is 0 Å². The van der Waals surface area contributed by atoms with Crippen molar-refractivity contribution in [2.45, 2.75) is 13.3 Å². The summed E-state index contributed by atoms with van der Waals surface area (Å²) in [6, 6.07) is 13.7. The molecule has 0 radical (unpaired) electrons. The zero-order valence-corrected chi connectivity index (χ0v) is 14.2. The van der Waals surface area contributed by atoms with E-state index in [2.05, 4.69) is 10.3 Å². The minimum absolute atomic E-state index is 0.227. The molecule has 0 atom stereocenters. The molecule has 25 heavy (non-hydrogen) atoms. The summed E-state index contributed by atoms with van der Waals surface area (Å²) >= 11 is 0. The third-order valence-electron chi connectivity index (χ3n) is 4.00. The molecule has 0 fully saturated rings. The first-order chi connectivity index (χ1) is 12.1. The molecule has 0 saturated carbocycles. The average Bonchev–Trinajstić information content (AvgIpc) is 2.62. The van der Waals surface area contributed by atoms with Gasteiger partial charge in [0.1, 0.15) is 11.6 Å². The highest BCUT2D eigenvalue weighted by Crippen LogP contribution is 2.20. The van der Waals surface area contributed by atoms with Crippen molar-refractivity contribution in [2.24, 2.45) is 0 Å². The highest BCUT2D eigenvalue weighted by atomic mass is 19.1. The number of hydrogen-bond acceptors (Lipinski definition) is 3. The monoisotopic (exact) mass is 338 g/mol. The zero-order valence-electron chi connectivity index (χ0n) is 14.2. The highest BCUT2D eigenvalue weighted by Gasteiger charge is 2.12. The fourth-order valence-electron chi connectivity index (χ4n) is 2.73. The molecule has 0 aliphatic carbocycles. The molecular weight excluding hydrogens is 319 g/mol. The van der Waals surface area contributed by atoms with Gasteiger partial charge in [-0.3, -0.25) is 9.78 Å². The number of amides is 1. The highest BCUT2D eigenvalue weighted by molar-refractivity contribution is 6.06. The number of carbonyl (C=O) groups is 1. The van der Waals surface area contributed by atoms with Crippen molar-refractivity contribution in [1.29, 1.82) is 0 Å². The number of hydrogen-bond donors (Lipinski definition) is 1. The van der Waals surface area contributed by atoms with E-state index in [4.69, 9.17) is 4.74 Å². The molecule has 0 bridgehead atoms. The molecule has 1 heterocycles. The van der Waals surface area contributed by atoms with E-state index < -0.39 is 0 Å². The van der Waals surface area contributed by atoms with Crippen molar-refractivity contribution in [3.63, 3.8) is 0 Å². The van der Waals surface area contributed by atoms with Crippen LogP contribution in [-0.2, 0) is 6.42 Å². The predicted molar refractivity (Wildman–Crippen MR) is 95.5 cm³/mol. The summed E-state index contributed by atoms with van der Waals surface area (Å²) in [7, 11) is 1.62. The molecule has 0 aliphatic heterocycles. The molecule has 1 amide bonds. The smallest absolute Gasteiger partial charge is 0.252 e. The maximum Gasteiger partial charge on any atom is 0.252 e. The van der Waals surface area contributed by atoms with Crippen LogP contribution in [0.2, 0.25) is 0 Å². The number of aromatic nitrogens is 1. The average molecular weight is 338 g/mol. The molecule has 0 aliphatic rings. The van der Waals surface area contributed by atoms with E-state index in [1.165, 1.54) is 12.1 Å². The standard InChI is InChI=1S/C20H19FN2O2/c1-13-11-18(17-12-15(21)5-8-19(17)23-13)20(24)22-10-9-14-3-6-16(25-2)7-4-14/h3-8,11-12H,9-10H2,1-2H3,(H,22,24). The van der Waals surface area contributed by atoms with Gasteiger partial charge in [0.25, 0.3) is 5.91 Å². The number of halogens is 1. The predicted octanol–water partition coefficient (Wildman–Crippen LogP) is 3.66. The molecule has 3 aromatic rings. The number of benzene rings is 2. The van der Waals surface area contributed by atoms with Gasteiger partial charge in [-0.15, -0.1) is 0 Å². The molecule has 0 spiro atoms. The largest absolute Gasteiger partial charge is 0.497 e. The normalized spacial score (nSPS) is 10.7. The first-order valence-electron chi connectivity index (χ1n) is 8.05. The van der Waals surface area contributed by atoms with Gasteiger partial charge in [0.05, 0.1) is 18.2 Å². The Kier molecular flexibility index (Phi) is 4.93. The summed E-state index contributed by atoms with van der Waals surface area (Å²) in [6.07, 6.45) is 0.700. The molecule has 1 aromatic heterocycles. The summed E-state index contributed by atoms with van der Waals surface area (Å²) in [6.45, 7) is 2.31. The number of ether oxygens (including phenoxy) is 1. The van der Waals surface area contributed by atoms with Gasteiger partial charge in [0, 0.05) is 17.6 Å². The van der Waals surface area contributed by atoms with Crippen LogP contribution in [0, 0.1) is 12.7 Å². The van der Waals surface area contributed by atoms with Crippen LogP contribution in [0.1, 0.15) is 21.6 Å². The Bertz CT molecular complexity index is 907. The van der Waals surface area contributed by atoms with Gasteiger partial charge in [-0.1, -0.05) is 12.1 Å². The number of pyridine rings is 1. The number of carbonyl (C=O) groups excluding carboxylic acids is 1. The van der Waals surface area contributed by atoms with Gasteiger partial charge >= 0.3 is 0 Å². The number of nitrogens with zero attached hydrogens (tertiary/aromatic N) is 1. The van der Waals surface area contributed by atoms with Gasteiger partial charge in [-0.25, -0.2) is 4.39 Å². The van der Waals surface area contributed by atoms with Crippen LogP contribution in [0.3, 0.4) is 0 Å². The van der Waals surface area contributed by atoms with Crippen LogP contribution in [0.4, 0.5) is 4.39 Å². The molecular formula is C20H19FN2O2. The lowest BCUT2D eigenvalue weighted by Gasteiger charge is -2.09. The summed E-state index contributed by atoms with van der Waals surface area (Å²) in [5.41, 5.74) is 2.88. The van der Waals surface area contributed by atoms with Crippen LogP contribution in [-0.4, -0.2) is 24.5 Å². The summed E-state index contributed by atoms with van der Waals surface area (Å²) < 4.78 is 18.7. The van der Waals surface area contributed by atoms with E-state index in [1.807, 2.05) is 31.2 Å². The van der Waals surface area contributed by atoms with E-state index in [-0.39, 0.29) is 11.7 Å². The van der Waals surface area contributed by atoms with E-state index in [0.717, 1.165) is 17.0 Å². The van der Waals surface area contributed by atoms with Gasteiger partial charge in [0.2, 0.25) is 0 Å². The SMILES string of the molecule is COc1ccc(CCNC(=O)c2cc(C)nc3ccc(F)cc23)cc1. The van der Waals surface area contributed by atoms with Gasteiger partial charge in [0.15, 0.2) is 0 Å². The minimum atomic E-state index is -0.384. The lowest BCUT2D eigenvalue weighted by atomic mass is 10.1. The Morgan fingerprint density at radius 2 is 1.92 bits per heavy atom. The van der Waals surface area contributed by atoms with Crippen molar-refractivity contribution >= 4 is 16.8 Å². The number of rotatable bonds is 5. The van der Waals surface area contributed by atoms with Crippen LogP contribution >= 0.6 is 0 Å². The number of nitrogens with one attached hydrogen (secondary N) is 1. The summed E-state index contributed by atoms with van der Waals surface area (Å²) in [5.74, 6) is 0.189. The van der Waals surface area contributed by atoms with Crippen LogP contribution in [0.5, 0.6) is 5.75 Å².